The first kappa shape index (κ1) is 25.0. The number of methoxy groups -OCH3 is 1. The van der Waals surface area contributed by atoms with Crippen LogP contribution in [-0.4, -0.2) is 33.5 Å². The fourth-order valence-electron chi connectivity index (χ4n) is 3.58. The van der Waals surface area contributed by atoms with E-state index in [-0.39, 0.29) is 10.3 Å². The van der Waals surface area contributed by atoms with Gasteiger partial charge in [-0.25, -0.2) is 13.1 Å². The van der Waals surface area contributed by atoms with Crippen molar-refractivity contribution in [2.24, 2.45) is 5.41 Å². The third-order valence-corrected chi connectivity index (χ3v) is 7.13. The zero-order chi connectivity index (χ0) is 23.7. The molecule has 0 saturated heterocycles. The highest BCUT2D eigenvalue weighted by Gasteiger charge is 2.23. The molecule has 176 valence electrons. The second kappa shape index (κ2) is 11.5. The molecule has 0 bridgehead atoms. The number of nitrogens with one attached hydrogen (secondary N) is 1. The molecule has 0 fully saturated rings. The standard InChI is InChI=1S/C27H34N2O3S/c1-27(2,22-28-33(30,31)26-16-14-25(32-3)15-17-26)18-19-29(20-23-10-6-4-7-11-23)21-24-12-8-5-9-13-24/h4-17,28H,18-22H2,1-3H3. The molecule has 3 rings (SSSR count). The minimum Gasteiger partial charge on any atom is -0.497 e. The summed E-state index contributed by atoms with van der Waals surface area (Å²) in [6.07, 6.45) is 0.859. The highest BCUT2D eigenvalue weighted by atomic mass is 32.2. The molecule has 3 aromatic carbocycles. The van der Waals surface area contributed by atoms with Crippen LogP contribution >= 0.6 is 0 Å². The molecule has 0 unspecified atom stereocenters. The summed E-state index contributed by atoms with van der Waals surface area (Å²) < 4.78 is 33.4. The summed E-state index contributed by atoms with van der Waals surface area (Å²) in [6, 6.07) is 27.3. The summed E-state index contributed by atoms with van der Waals surface area (Å²) in [6.45, 7) is 7.14. The summed E-state index contributed by atoms with van der Waals surface area (Å²) in [5, 5.41) is 0. The van der Waals surface area contributed by atoms with Crippen molar-refractivity contribution in [1.29, 1.82) is 0 Å². The smallest absolute Gasteiger partial charge is 0.240 e. The van der Waals surface area contributed by atoms with Gasteiger partial charge >= 0.3 is 0 Å². The molecular weight excluding hydrogens is 432 g/mol. The number of sulfonamides is 1. The van der Waals surface area contributed by atoms with E-state index in [0.717, 1.165) is 26.1 Å². The largest absolute Gasteiger partial charge is 0.497 e. The van der Waals surface area contributed by atoms with Crippen LogP contribution in [0, 0.1) is 5.41 Å². The molecule has 0 aliphatic carbocycles. The minimum atomic E-state index is -3.57. The predicted octanol–water partition coefficient (Wildman–Crippen LogP) is 5.09. The van der Waals surface area contributed by atoms with Crippen LogP contribution in [0.4, 0.5) is 0 Å². The molecule has 5 nitrogen and oxygen atoms in total. The van der Waals surface area contributed by atoms with Crippen molar-refractivity contribution in [2.45, 2.75) is 38.3 Å². The Hall–Kier alpha value is -2.67. The van der Waals surface area contributed by atoms with Crippen LogP contribution in [0.5, 0.6) is 5.75 Å². The van der Waals surface area contributed by atoms with Crippen LogP contribution in [0.1, 0.15) is 31.4 Å². The van der Waals surface area contributed by atoms with Crippen LogP contribution in [0.3, 0.4) is 0 Å². The van der Waals surface area contributed by atoms with Crippen molar-refractivity contribution in [3.05, 3.63) is 96.1 Å². The number of nitrogens with zero attached hydrogens (tertiary/aromatic N) is 1. The van der Waals surface area contributed by atoms with Crippen molar-refractivity contribution in [2.75, 3.05) is 20.2 Å². The normalized spacial score (nSPS) is 12.1. The van der Waals surface area contributed by atoms with Crippen LogP contribution in [0.15, 0.2) is 89.8 Å². The number of hydrogen-bond acceptors (Lipinski definition) is 4. The number of rotatable bonds is 12. The lowest BCUT2D eigenvalue weighted by Gasteiger charge is -2.30. The molecule has 0 aliphatic heterocycles. The number of benzene rings is 3. The van der Waals surface area contributed by atoms with Gasteiger partial charge in [-0.15, -0.1) is 0 Å². The van der Waals surface area contributed by atoms with Crippen LogP contribution in [0.25, 0.3) is 0 Å². The van der Waals surface area contributed by atoms with Gasteiger partial charge < -0.3 is 4.74 Å². The van der Waals surface area contributed by atoms with Gasteiger partial charge in [0.1, 0.15) is 5.75 Å². The second-order valence-corrected chi connectivity index (χ2v) is 10.9. The number of hydrogen-bond donors (Lipinski definition) is 1. The van der Waals surface area contributed by atoms with Gasteiger partial charge in [0.05, 0.1) is 12.0 Å². The molecule has 0 amide bonds. The highest BCUT2D eigenvalue weighted by Crippen LogP contribution is 2.23. The third-order valence-electron chi connectivity index (χ3n) is 5.71. The zero-order valence-electron chi connectivity index (χ0n) is 19.7. The van der Waals surface area contributed by atoms with Gasteiger partial charge in [-0.3, -0.25) is 4.90 Å². The fraction of sp³-hybridized carbons (Fsp3) is 0.333. The van der Waals surface area contributed by atoms with Crippen LogP contribution < -0.4 is 9.46 Å². The molecule has 33 heavy (non-hydrogen) atoms. The van der Waals surface area contributed by atoms with Crippen molar-refractivity contribution in [1.82, 2.24) is 9.62 Å². The van der Waals surface area contributed by atoms with Crippen molar-refractivity contribution in [3.8, 4) is 5.75 Å². The van der Waals surface area contributed by atoms with E-state index in [9.17, 15) is 8.42 Å². The maximum Gasteiger partial charge on any atom is 0.240 e. The summed E-state index contributed by atoms with van der Waals surface area (Å²) in [7, 11) is -2.01. The monoisotopic (exact) mass is 466 g/mol. The molecule has 0 aliphatic rings. The van der Waals surface area contributed by atoms with Crippen molar-refractivity contribution in [3.63, 3.8) is 0 Å². The van der Waals surface area contributed by atoms with Gasteiger partial charge in [0.25, 0.3) is 0 Å². The number of ether oxygens (including phenoxy) is 1. The van der Waals surface area contributed by atoms with Gasteiger partial charge in [-0.2, -0.15) is 0 Å². The summed E-state index contributed by atoms with van der Waals surface area (Å²) in [5.41, 5.74) is 2.34. The van der Waals surface area contributed by atoms with Gasteiger partial charge in [0, 0.05) is 19.6 Å². The Kier molecular flexibility index (Phi) is 8.67. The van der Waals surface area contributed by atoms with Crippen molar-refractivity contribution < 1.29 is 13.2 Å². The Morgan fingerprint density at radius 3 is 1.82 bits per heavy atom. The highest BCUT2D eigenvalue weighted by molar-refractivity contribution is 7.89. The van der Waals surface area contributed by atoms with E-state index in [1.54, 1.807) is 31.4 Å². The maximum atomic E-state index is 12.7. The predicted molar refractivity (Wildman–Crippen MR) is 134 cm³/mol. The van der Waals surface area contributed by atoms with E-state index >= 15 is 0 Å². The van der Waals surface area contributed by atoms with Gasteiger partial charge in [0.15, 0.2) is 0 Å². The molecule has 3 aromatic rings. The Bertz CT molecular complexity index is 1040. The summed E-state index contributed by atoms with van der Waals surface area (Å²) >= 11 is 0. The summed E-state index contributed by atoms with van der Waals surface area (Å²) in [5.74, 6) is 0.631. The molecule has 0 aromatic heterocycles. The zero-order valence-corrected chi connectivity index (χ0v) is 20.5. The van der Waals surface area contributed by atoms with Gasteiger partial charge in [-0.1, -0.05) is 74.5 Å². The second-order valence-electron chi connectivity index (χ2n) is 9.10. The first-order valence-corrected chi connectivity index (χ1v) is 12.7. The Balaban J connectivity index is 1.61. The molecule has 0 radical (unpaired) electrons. The van der Waals surface area contributed by atoms with E-state index < -0.39 is 10.0 Å². The Morgan fingerprint density at radius 2 is 1.33 bits per heavy atom. The topological polar surface area (TPSA) is 58.6 Å². The average Bonchev–Trinajstić information content (AvgIpc) is 2.83. The Morgan fingerprint density at radius 1 is 0.818 bits per heavy atom. The Labute approximate surface area is 198 Å². The lowest BCUT2D eigenvalue weighted by Crippen LogP contribution is -2.36. The van der Waals surface area contributed by atoms with Crippen LogP contribution in [0.2, 0.25) is 0 Å². The average molecular weight is 467 g/mol. The first-order valence-electron chi connectivity index (χ1n) is 11.2. The van der Waals surface area contributed by atoms with Gasteiger partial charge in [-0.05, 0) is 53.8 Å². The molecule has 6 heteroatoms. The molecular formula is C27H34N2O3S. The first-order chi connectivity index (χ1) is 15.8. The van der Waals surface area contributed by atoms with Crippen molar-refractivity contribution >= 4 is 10.0 Å². The maximum absolute atomic E-state index is 12.7. The molecule has 0 saturated carbocycles. The van der Waals surface area contributed by atoms with E-state index in [1.807, 2.05) is 12.1 Å². The third kappa shape index (κ3) is 8.00. The van der Waals surface area contributed by atoms with Gasteiger partial charge in [0.2, 0.25) is 10.0 Å². The van der Waals surface area contributed by atoms with Crippen LogP contribution in [-0.2, 0) is 23.1 Å². The minimum absolute atomic E-state index is 0.203. The van der Waals surface area contributed by atoms with E-state index in [0.29, 0.717) is 12.3 Å². The molecule has 0 spiro atoms. The van der Waals surface area contributed by atoms with E-state index in [4.69, 9.17) is 4.74 Å². The SMILES string of the molecule is COc1ccc(S(=O)(=O)NCC(C)(C)CCN(Cc2ccccc2)Cc2ccccc2)cc1. The lowest BCUT2D eigenvalue weighted by molar-refractivity contribution is 0.205. The van der Waals surface area contributed by atoms with E-state index in [2.05, 4.69) is 72.0 Å². The quantitative estimate of drug-likeness (QED) is 0.404. The molecule has 0 atom stereocenters. The fourth-order valence-corrected chi connectivity index (χ4v) is 4.82. The lowest BCUT2D eigenvalue weighted by atomic mass is 9.89. The van der Waals surface area contributed by atoms with E-state index in [1.165, 1.54) is 11.1 Å². The molecule has 1 N–H and O–H groups in total. The molecule has 0 heterocycles. The summed E-state index contributed by atoms with van der Waals surface area (Å²) in [4.78, 5) is 2.67.